The predicted octanol–water partition coefficient (Wildman–Crippen LogP) is 1.14. The normalized spacial score (nSPS) is 29.3. The molecule has 3 rings (SSSR count). The van der Waals surface area contributed by atoms with Gasteiger partial charge in [0.2, 0.25) is 0 Å². The maximum atomic E-state index is 6.12. The topological polar surface area (TPSA) is 50.3 Å². The molecule has 0 bridgehead atoms. The number of aromatic nitrogens is 2. The Morgan fingerprint density at radius 2 is 2.14 bits per heavy atom. The second-order valence-corrected chi connectivity index (χ2v) is 6.83. The molecule has 3 unspecified atom stereocenters. The molecule has 0 radical (unpaired) electrons. The molecular formula is C16H29N5. The van der Waals surface area contributed by atoms with Crippen LogP contribution in [0.25, 0.3) is 0 Å². The number of likely N-dealkylation sites (tertiary alicyclic amines) is 2. The molecule has 1 aromatic rings. The highest BCUT2D eigenvalue weighted by atomic mass is 15.3. The molecule has 2 fully saturated rings. The monoisotopic (exact) mass is 291 g/mol. The Morgan fingerprint density at radius 1 is 1.33 bits per heavy atom. The van der Waals surface area contributed by atoms with Crippen molar-refractivity contribution in [1.29, 1.82) is 0 Å². The maximum Gasteiger partial charge on any atom is 0.0641 e. The number of nitrogens with two attached hydrogens (primary N) is 1. The Balaban J connectivity index is 1.75. The molecule has 3 atom stereocenters. The smallest absolute Gasteiger partial charge is 0.0641 e. The van der Waals surface area contributed by atoms with Crippen molar-refractivity contribution in [3.63, 3.8) is 0 Å². The lowest BCUT2D eigenvalue weighted by Crippen LogP contribution is -2.54. The van der Waals surface area contributed by atoms with Crippen LogP contribution in [0.1, 0.15) is 36.6 Å². The molecule has 0 aromatic carbocycles. The van der Waals surface area contributed by atoms with Crippen LogP contribution in [0, 0.1) is 12.8 Å². The summed E-state index contributed by atoms with van der Waals surface area (Å²) in [6.45, 7) is 6.38. The fourth-order valence-corrected chi connectivity index (χ4v) is 4.38. The minimum absolute atomic E-state index is 0.326. The Kier molecular flexibility index (Phi) is 4.33. The highest BCUT2D eigenvalue weighted by molar-refractivity contribution is 5.21. The van der Waals surface area contributed by atoms with Gasteiger partial charge in [0.25, 0.3) is 0 Å². The van der Waals surface area contributed by atoms with E-state index >= 15 is 0 Å². The number of hydrogen-bond acceptors (Lipinski definition) is 4. The second-order valence-electron chi connectivity index (χ2n) is 6.83. The molecule has 2 saturated heterocycles. The number of hydrogen-bond donors (Lipinski definition) is 1. The summed E-state index contributed by atoms with van der Waals surface area (Å²) in [5, 5.41) is 4.49. The van der Waals surface area contributed by atoms with E-state index < -0.39 is 0 Å². The van der Waals surface area contributed by atoms with Crippen LogP contribution in [-0.4, -0.2) is 58.8 Å². The van der Waals surface area contributed by atoms with Crippen LogP contribution in [0.15, 0.2) is 6.20 Å². The fourth-order valence-electron chi connectivity index (χ4n) is 4.38. The van der Waals surface area contributed by atoms with E-state index in [2.05, 4.69) is 35.1 Å². The van der Waals surface area contributed by atoms with Gasteiger partial charge in [0.15, 0.2) is 0 Å². The lowest BCUT2D eigenvalue weighted by molar-refractivity contribution is 0.0210. The molecule has 118 valence electrons. The highest BCUT2D eigenvalue weighted by Crippen LogP contribution is 2.33. The molecule has 0 saturated carbocycles. The Morgan fingerprint density at radius 3 is 2.81 bits per heavy atom. The number of aryl methyl sites for hydroxylation is 2. The minimum Gasteiger partial charge on any atom is -0.329 e. The zero-order valence-electron chi connectivity index (χ0n) is 13.6. The fraction of sp³-hybridized carbons (Fsp3) is 0.812. The molecule has 2 N–H and O–H groups in total. The van der Waals surface area contributed by atoms with E-state index in [1.54, 1.807) is 0 Å². The first-order chi connectivity index (χ1) is 10.1. The number of fused-ring (bicyclic) bond motifs is 1. The molecule has 0 spiro atoms. The van der Waals surface area contributed by atoms with Crippen LogP contribution in [-0.2, 0) is 7.05 Å². The van der Waals surface area contributed by atoms with E-state index in [0.29, 0.717) is 12.6 Å². The van der Waals surface area contributed by atoms with Gasteiger partial charge in [-0.15, -0.1) is 0 Å². The van der Waals surface area contributed by atoms with E-state index in [1.807, 2.05) is 11.7 Å². The summed E-state index contributed by atoms with van der Waals surface area (Å²) < 4.78 is 1.91. The van der Waals surface area contributed by atoms with E-state index in [1.165, 1.54) is 37.9 Å². The summed E-state index contributed by atoms with van der Waals surface area (Å²) >= 11 is 0. The van der Waals surface area contributed by atoms with Gasteiger partial charge in [-0.3, -0.25) is 9.58 Å². The first kappa shape index (κ1) is 15.0. The lowest BCUT2D eigenvalue weighted by Gasteiger charge is -2.47. The Hall–Kier alpha value is -0.910. The van der Waals surface area contributed by atoms with Crippen LogP contribution in [0.3, 0.4) is 0 Å². The molecule has 2 aliphatic heterocycles. The van der Waals surface area contributed by atoms with Gasteiger partial charge in [-0.05, 0) is 45.7 Å². The molecule has 3 heterocycles. The van der Waals surface area contributed by atoms with Crippen LogP contribution in [0.4, 0.5) is 0 Å². The van der Waals surface area contributed by atoms with Crippen molar-refractivity contribution in [1.82, 2.24) is 19.6 Å². The van der Waals surface area contributed by atoms with Crippen molar-refractivity contribution in [2.24, 2.45) is 18.7 Å². The van der Waals surface area contributed by atoms with Crippen LogP contribution >= 0.6 is 0 Å². The van der Waals surface area contributed by atoms with Crippen molar-refractivity contribution < 1.29 is 0 Å². The molecule has 2 aliphatic rings. The minimum atomic E-state index is 0.326. The van der Waals surface area contributed by atoms with Crippen molar-refractivity contribution >= 4 is 0 Å². The summed E-state index contributed by atoms with van der Waals surface area (Å²) in [6, 6.07) is 1.11. The molecular weight excluding hydrogens is 262 g/mol. The summed E-state index contributed by atoms with van der Waals surface area (Å²) in [5.74, 6) is 0.809. The third-order valence-corrected chi connectivity index (χ3v) is 5.45. The third kappa shape index (κ3) is 2.87. The molecule has 5 heteroatoms. The van der Waals surface area contributed by atoms with Crippen molar-refractivity contribution in [2.45, 2.75) is 38.3 Å². The largest absolute Gasteiger partial charge is 0.329 e. The van der Waals surface area contributed by atoms with Crippen molar-refractivity contribution in [3.05, 3.63) is 17.5 Å². The summed E-state index contributed by atoms with van der Waals surface area (Å²) in [5.41, 5.74) is 8.55. The van der Waals surface area contributed by atoms with E-state index in [0.717, 1.165) is 24.2 Å². The predicted molar refractivity (Wildman–Crippen MR) is 85.1 cm³/mol. The highest BCUT2D eigenvalue weighted by Gasteiger charge is 2.36. The maximum absolute atomic E-state index is 6.12. The van der Waals surface area contributed by atoms with E-state index in [4.69, 9.17) is 5.73 Å². The van der Waals surface area contributed by atoms with Crippen molar-refractivity contribution in [2.75, 3.05) is 33.2 Å². The van der Waals surface area contributed by atoms with Gasteiger partial charge in [0, 0.05) is 44.5 Å². The quantitative estimate of drug-likeness (QED) is 0.907. The van der Waals surface area contributed by atoms with Gasteiger partial charge in [0.05, 0.1) is 11.7 Å². The van der Waals surface area contributed by atoms with Gasteiger partial charge in [-0.1, -0.05) is 0 Å². The summed E-state index contributed by atoms with van der Waals surface area (Å²) in [7, 11) is 4.28. The zero-order valence-corrected chi connectivity index (χ0v) is 13.6. The van der Waals surface area contributed by atoms with Gasteiger partial charge in [-0.25, -0.2) is 0 Å². The number of piperidine rings is 2. The Bertz CT molecular complexity index is 483. The molecule has 0 amide bonds. The first-order valence-corrected chi connectivity index (χ1v) is 8.24. The lowest BCUT2D eigenvalue weighted by atomic mass is 9.83. The van der Waals surface area contributed by atoms with Gasteiger partial charge < -0.3 is 10.6 Å². The standard InChI is InChI=1S/C16H29N5/c1-12-14(11-20(3)18-12)16(9-17)21-8-6-15-13(10-21)5-4-7-19(15)2/h11,13,15-16H,4-10,17H2,1-3H3. The SMILES string of the molecule is Cc1nn(C)cc1C(CN)N1CCC2C(CCCN2C)C1. The van der Waals surface area contributed by atoms with Crippen LogP contribution in [0.2, 0.25) is 0 Å². The van der Waals surface area contributed by atoms with Crippen LogP contribution < -0.4 is 5.73 Å². The average Bonchev–Trinajstić information content (AvgIpc) is 2.79. The number of rotatable bonds is 3. The zero-order chi connectivity index (χ0) is 15.0. The van der Waals surface area contributed by atoms with E-state index in [-0.39, 0.29) is 0 Å². The van der Waals surface area contributed by atoms with Crippen LogP contribution in [0.5, 0.6) is 0 Å². The number of nitrogens with zero attached hydrogens (tertiary/aromatic N) is 4. The summed E-state index contributed by atoms with van der Waals surface area (Å²) in [4.78, 5) is 5.17. The molecule has 5 nitrogen and oxygen atoms in total. The van der Waals surface area contributed by atoms with Gasteiger partial charge in [-0.2, -0.15) is 5.10 Å². The average molecular weight is 291 g/mol. The van der Waals surface area contributed by atoms with Gasteiger partial charge in [0.1, 0.15) is 0 Å². The Labute approximate surface area is 128 Å². The third-order valence-electron chi connectivity index (χ3n) is 5.45. The van der Waals surface area contributed by atoms with E-state index in [9.17, 15) is 0 Å². The molecule has 1 aromatic heterocycles. The molecule has 0 aliphatic carbocycles. The molecule has 21 heavy (non-hydrogen) atoms. The first-order valence-electron chi connectivity index (χ1n) is 8.24. The van der Waals surface area contributed by atoms with Gasteiger partial charge >= 0.3 is 0 Å². The second kappa shape index (κ2) is 6.07. The summed E-state index contributed by atoms with van der Waals surface area (Å²) in [6.07, 6.45) is 6.13. The van der Waals surface area contributed by atoms with Crippen molar-refractivity contribution in [3.8, 4) is 0 Å².